The first-order chi connectivity index (χ1) is 8.27. The molecule has 1 amide bonds. The molecule has 5 nitrogen and oxygen atoms in total. The number of carbonyl (C=O) groups is 1. The zero-order valence-corrected chi connectivity index (χ0v) is 10.0. The molecular weight excluding hydrogens is 222 g/mol. The van der Waals surface area contributed by atoms with Crippen LogP contribution in [-0.4, -0.2) is 56.1 Å². The number of ether oxygens (including phenoxy) is 3. The summed E-state index contributed by atoms with van der Waals surface area (Å²) >= 11 is 0. The summed E-state index contributed by atoms with van der Waals surface area (Å²) in [5, 5.41) is 0. The van der Waals surface area contributed by atoms with Crippen molar-refractivity contribution in [2.45, 2.75) is 25.0 Å². The highest BCUT2D eigenvalue weighted by atomic mass is 16.7. The lowest BCUT2D eigenvalue weighted by Gasteiger charge is -2.23. The molecule has 0 aromatic carbocycles. The molecule has 3 aliphatic heterocycles. The minimum atomic E-state index is -0.484. The van der Waals surface area contributed by atoms with E-state index in [1.807, 2.05) is 4.90 Å². The Balaban J connectivity index is 1.53. The second kappa shape index (κ2) is 4.55. The molecule has 1 unspecified atom stereocenters. The van der Waals surface area contributed by atoms with Crippen molar-refractivity contribution in [1.29, 1.82) is 0 Å². The Labute approximate surface area is 101 Å². The average molecular weight is 241 g/mol. The number of hydrogen-bond acceptors (Lipinski definition) is 4. The fourth-order valence-electron chi connectivity index (χ4n) is 2.82. The van der Waals surface area contributed by atoms with E-state index in [0.29, 0.717) is 32.1 Å². The molecule has 1 atom stereocenters. The van der Waals surface area contributed by atoms with Gasteiger partial charge in [0.1, 0.15) is 0 Å². The van der Waals surface area contributed by atoms with Crippen LogP contribution in [-0.2, 0) is 19.0 Å². The number of rotatable bonds is 2. The summed E-state index contributed by atoms with van der Waals surface area (Å²) in [7, 11) is 0. The smallest absolute Gasteiger partial charge is 0.223 e. The lowest BCUT2D eigenvalue weighted by molar-refractivity contribution is -0.152. The topological polar surface area (TPSA) is 48.0 Å². The Bertz CT molecular complexity index is 295. The minimum Gasteiger partial charge on any atom is -0.381 e. The molecule has 0 saturated carbocycles. The molecule has 1 spiro atoms. The van der Waals surface area contributed by atoms with Crippen LogP contribution in [0.25, 0.3) is 0 Å². The van der Waals surface area contributed by atoms with Gasteiger partial charge in [0.25, 0.3) is 0 Å². The molecule has 3 fully saturated rings. The predicted molar refractivity (Wildman–Crippen MR) is 59.4 cm³/mol. The lowest BCUT2D eigenvalue weighted by atomic mass is 10.0. The van der Waals surface area contributed by atoms with E-state index in [9.17, 15) is 4.79 Å². The fraction of sp³-hybridized carbons (Fsp3) is 0.917. The first-order valence-electron chi connectivity index (χ1n) is 6.41. The van der Waals surface area contributed by atoms with E-state index < -0.39 is 5.79 Å². The molecule has 3 rings (SSSR count). The Hall–Kier alpha value is -0.650. The van der Waals surface area contributed by atoms with Crippen molar-refractivity contribution in [3.05, 3.63) is 0 Å². The molecule has 3 saturated heterocycles. The summed E-state index contributed by atoms with van der Waals surface area (Å²) in [6.07, 6.45) is 2.42. The van der Waals surface area contributed by atoms with Crippen LogP contribution in [0.15, 0.2) is 0 Å². The van der Waals surface area contributed by atoms with Gasteiger partial charge in [0, 0.05) is 32.6 Å². The largest absolute Gasteiger partial charge is 0.381 e. The van der Waals surface area contributed by atoms with Crippen molar-refractivity contribution >= 4 is 5.91 Å². The summed E-state index contributed by atoms with van der Waals surface area (Å²) in [5.74, 6) is 0.142. The number of nitrogens with zero attached hydrogens (tertiary/aromatic N) is 1. The van der Waals surface area contributed by atoms with Crippen molar-refractivity contribution in [3.63, 3.8) is 0 Å². The third-order valence-corrected chi connectivity index (χ3v) is 3.85. The molecule has 5 heteroatoms. The van der Waals surface area contributed by atoms with E-state index in [2.05, 4.69) is 0 Å². The zero-order chi connectivity index (χ0) is 11.7. The molecule has 0 aromatic heterocycles. The molecule has 96 valence electrons. The highest BCUT2D eigenvalue weighted by Gasteiger charge is 2.44. The summed E-state index contributed by atoms with van der Waals surface area (Å²) in [5.41, 5.74) is 0. The van der Waals surface area contributed by atoms with Crippen LogP contribution in [0.4, 0.5) is 0 Å². The summed E-state index contributed by atoms with van der Waals surface area (Å²) in [4.78, 5) is 14.0. The molecule has 3 heterocycles. The van der Waals surface area contributed by atoms with Crippen molar-refractivity contribution in [2.75, 3.05) is 39.5 Å². The van der Waals surface area contributed by atoms with Crippen LogP contribution in [0.2, 0.25) is 0 Å². The van der Waals surface area contributed by atoms with Gasteiger partial charge in [-0.3, -0.25) is 4.79 Å². The van der Waals surface area contributed by atoms with Crippen LogP contribution in [0.5, 0.6) is 0 Å². The second-order valence-electron chi connectivity index (χ2n) is 5.11. The third kappa shape index (κ3) is 2.32. The van der Waals surface area contributed by atoms with E-state index in [0.717, 1.165) is 32.6 Å². The number of carbonyl (C=O) groups excluding carboxylic acids is 1. The van der Waals surface area contributed by atoms with Gasteiger partial charge in [-0.1, -0.05) is 0 Å². The summed E-state index contributed by atoms with van der Waals surface area (Å²) in [6.45, 7) is 4.19. The second-order valence-corrected chi connectivity index (χ2v) is 5.11. The van der Waals surface area contributed by atoms with Crippen molar-refractivity contribution in [1.82, 2.24) is 4.90 Å². The lowest BCUT2D eigenvalue weighted by Crippen LogP contribution is -2.37. The van der Waals surface area contributed by atoms with Crippen molar-refractivity contribution < 1.29 is 19.0 Å². The van der Waals surface area contributed by atoms with Crippen molar-refractivity contribution in [3.8, 4) is 0 Å². The monoisotopic (exact) mass is 241 g/mol. The molecule has 0 aromatic rings. The van der Waals surface area contributed by atoms with E-state index in [1.54, 1.807) is 0 Å². The van der Waals surface area contributed by atoms with E-state index in [1.165, 1.54) is 0 Å². The maximum atomic E-state index is 12.1. The fourth-order valence-corrected chi connectivity index (χ4v) is 2.82. The quantitative estimate of drug-likeness (QED) is 0.701. The molecular formula is C12H19NO4. The maximum absolute atomic E-state index is 12.1. The molecule has 0 radical (unpaired) electrons. The van der Waals surface area contributed by atoms with Crippen LogP contribution in [0, 0.1) is 5.92 Å². The van der Waals surface area contributed by atoms with Gasteiger partial charge < -0.3 is 19.1 Å². The molecule has 0 N–H and O–H groups in total. The van der Waals surface area contributed by atoms with Gasteiger partial charge in [-0.2, -0.15) is 0 Å². The first-order valence-corrected chi connectivity index (χ1v) is 6.41. The van der Waals surface area contributed by atoms with Crippen LogP contribution in [0.1, 0.15) is 19.3 Å². The first kappa shape index (κ1) is 11.4. The van der Waals surface area contributed by atoms with Gasteiger partial charge in [-0.15, -0.1) is 0 Å². The minimum absolute atomic E-state index is 0.219. The average Bonchev–Trinajstić information content (AvgIpc) is 3.03. The molecule has 0 bridgehead atoms. The maximum Gasteiger partial charge on any atom is 0.223 e. The Morgan fingerprint density at radius 3 is 2.82 bits per heavy atom. The predicted octanol–water partition coefficient (Wildman–Crippen LogP) is 0.388. The van der Waals surface area contributed by atoms with Gasteiger partial charge in [-0.05, 0) is 12.3 Å². The number of amides is 1. The van der Waals surface area contributed by atoms with Crippen molar-refractivity contribution in [2.24, 2.45) is 5.92 Å². The van der Waals surface area contributed by atoms with Gasteiger partial charge in [-0.25, -0.2) is 0 Å². The van der Waals surface area contributed by atoms with Gasteiger partial charge >= 0.3 is 0 Å². The SMILES string of the molecule is O=C(CC1CCOC1)N1CCC2(C1)OCCO2. The van der Waals surface area contributed by atoms with Crippen LogP contribution < -0.4 is 0 Å². The third-order valence-electron chi connectivity index (χ3n) is 3.85. The van der Waals surface area contributed by atoms with E-state index in [4.69, 9.17) is 14.2 Å². The summed E-state index contributed by atoms with van der Waals surface area (Å²) in [6, 6.07) is 0. The number of likely N-dealkylation sites (tertiary alicyclic amines) is 1. The van der Waals surface area contributed by atoms with Crippen LogP contribution >= 0.6 is 0 Å². The molecule has 3 aliphatic rings. The van der Waals surface area contributed by atoms with Crippen LogP contribution in [0.3, 0.4) is 0 Å². The van der Waals surface area contributed by atoms with Gasteiger partial charge in [0.2, 0.25) is 5.91 Å². The molecule has 0 aliphatic carbocycles. The Kier molecular flexibility index (Phi) is 3.06. The standard InChI is InChI=1S/C12H19NO4/c14-11(7-10-1-4-15-8-10)13-3-2-12(9-13)16-5-6-17-12/h10H,1-9H2. The molecule has 17 heavy (non-hydrogen) atoms. The summed E-state index contributed by atoms with van der Waals surface area (Å²) < 4.78 is 16.5. The van der Waals surface area contributed by atoms with E-state index in [-0.39, 0.29) is 5.91 Å². The van der Waals surface area contributed by atoms with Gasteiger partial charge in [0.05, 0.1) is 19.8 Å². The highest BCUT2D eigenvalue weighted by Crippen LogP contribution is 2.31. The van der Waals surface area contributed by atoms with E-state index >= 15 is 0 Å². The number of hydrogen-bond donors (Lipinski definition) is 0. The Morgan fingerprint density at radius 1 is 1.29 bits per heavy atom. The normalized spacial score (nSPS) is 31.5. The van der Waals surface area contributed by atoms with Gasteiger partial charge in [0.15, 0.2) is 5.79 Å². The zero-order valence-electron chi connectivity index (χ0n) is 10.0. The Morgan fingerprint density at radius 2 is 2.12 bits per heavy atom. The highest BCUT2D eigenvalue weighted by molar-refractivity contribution is 5.76.